The number of rotatable bonds is 7. The van der Waals surface area contributed by atoms with Gasteiger partial charge in [0.05, 0.1) is 11.0 Å². The topological polar surface area (TPSA) is 46.9 Å². The van der Waals surface area contributed by atoms with Crippen LogP contribution in [0.2, 0.25) is 0 Å². The van der Waals surface area contributed by atoms with Crippen molar-refractivity contribution in [1.29, 1.82) is 0 Å². The standard InChI is InChI=1S/C16H23N3O/c1-3-4-10-16(20)17-11-7-12-19-13(2)18-14-8-5-6-9-15(14)19/h5-6,8-9H,3-4,7,10-12H2,1-2H3,(H,17,20). The lowest BCUT2D eigenvalue weighted by Crippen LogP contribution is -2.24. The molecule has 0 spiro atoms. The van der Waals surface area contributed by atoms with E-state index < -0.39 is 0 Å². The molecule has 4 heteroatoms. The first-order valence-corrected chi connectivity index (χ1v) is 7.41. The van der Waals surface area contributed by atoms with Gasteiger partial charge in [-0.2, -0.15) is 0 Å². The number of aryl methyl sites for hydroxylation is 2. The highest BCUT2D eigenvalue weighted by molar-refractivity contribution is 5.76. The zero-order valence-corrected chi connectivity index (χ0v) is 12.4. The van der Waals surface area contributed by atoms with Crippen molar-refractivity contribution in [2.24, 2.45) is 0 Å². The van der Waals surface area contributed by atoms with E-state index >= 15 is 0 Å². The molecule has 4 nitrogen and oxygen atoms in total. The second kappa shape index (κ2) is 7.08. The van der Waals surface area contributed by atoms with Gasteiger partial charge in [-0.1, -0.05) is 25.5 Å². The number of nitrogens with one attached hydrogen (secondary N) is 1. The molecule has 0 saturated carbocycles. The summed E-state index contributed by atoms with van der Waals surface area (Å²) in [6, 6.07) is 8.17. The van der Waals surface area contributed by atoms with Gasteiger partial charge in [0, 0.05) is 19.5 Å². The molecule has 2 aromatic rings. The zero-order chi connectivity index (χ0) is 14.4. The Morgan fingerprint density at radius 2 is 2.10 bits per heavy atom. The lowest BCUT2D eigenvalue weighted by molar-refractivity contribution is -0.121. The summed E-state index contributed by atoms with van der Waals surface area (Å²) in [6.07, 6.45) is 3.60. The van der Waals surface area contributed by atoms with E-state index in [1.54, 1.807) is 0 Å². The van der Waals surface area contributed by atoms with Gasteiger partial charge in [-0.15, -0.1) is 0 Å². The molecule has 0 fully saturated rings. The third-order valence-corrected chi connectivity index (χ3v) is 3.48. The number of carbonyl (C=O) groups excluding carboxylic acids is 1. The van der Waals surface area contributed by atoms with Crippen LogP contribution in [0, 0.1) is 6.92 Å². The second-order valence-corrected chi connectivity index (χ2v) is 5.11. The van der Waals surface area contributed by atoms with Crippen molar-refractivity contribution in [3.63, 3.8) is 0 Å². The fourth-order valence-electron chi connectivity index (χ4n) is 2.37. The van der Waals surface area contributed by atoms with Crippen LogP contribution in [-0.4, -0.2) is 22.0 Å². The van der Waals surface area contributed by atoms with Gasteiger partial charge in [-0.25, -0.2) is 4.98 Å². The Bertz CT molecular complexity index is 574. The van der Waals surface area contributed by atoms with Crippen LogP contribution in [0.3, 0.4) is 0 Å². The van der Waals surface area contributed by atoms with Gasteiger partial charge in [-0.05, 0) is 31.9 Å². The van der Waals surface area contributed by atoms with Gasteiger partial charge in [0.2, 0.25) is 5.91 Å². The molecular formula is C16H23N3O. The number of unbranched alkanes of at least 4 members (excludes halogenated alkanes) is 1. The molecule has 1 aromatic heterocycles. The van der Waals surface area contributed by atoms with Gasteiger partial charge in [-0.3, -0.25) is 4.79 Å². The summed E-state index contributed by atoms with van der Waals surface area (Å²) in [4.78, 5) is 16.1. The highest BCUT2D eigenvalue weighted by Crippen LogP contribution is 2.15. The maximum Gasteiger partial charge on any atom is 0.219 e. The Hall–Kier alpha value is -1.84. The first-order chi connectivity index (χ1) is 9.72. The van der Waals surface area contributed by atoms with Crippen LogP contribution < -0.4 is 5.32 Å². The van der Waals surface area contributed by atoms with Gasteiger partial charge in [0.1, 0.15) is 5.82 Å². The minimum absolute atomic E-state index is 0.166. The van der Waals surface area contributed by atoms with E-state index in [9.17, 15) is 4.79 Å². The third kappa shape index (κ3) is 3.59. The van der Waals surface area contributed by atoms with Gasteiger partial charge >= 0.3 is 0 Å². The van der Waals surface area contributed by atoms with Gasteiger partial charge in [0.25, 0.3) is 0 Å². The van der Waals surface area contributed by atoms with E-state index in [2.05, 4.69) is 27.9 Å². The highest BCUT2D eigenvalue weighted by atomic mass is 16.1. The summed E-state index contributed by atoms with van der Waals surface area (Å²) in [7, 11) is 0. The number of fused-ring (bicyclic) bond motifs is 1. The largest absolute Gasteiger partial charge is 0.356 e. The van der Waals surface area contributed by atoms with Crippen molar-refractivity contribution in [2.75, 3.05) is 6.54 Å². The average Bonchev–Trinajstić information content (AvgIpc) is 2.77. The maximum absolute atomic E-state index is 11.5. The number of carbonyl (C=O) groups is 1. The molecule has 2 rings (SSSR count). The lowest BCUT2D eigenvalue weighted by atomic mass is 10.2. The molecule has 0 unspecified atom stereocenters. The zero-order valence-electron chi connectivity index (χ0n) is 12.4. The summed E-state index contributed by atoms with van der Waals surface area (Å²) >= 11 is 0. The van der Waals surface area contributed by atoms with Crippen LogP contribution in [0.15, 0.2) is 24.3 Å². The first kappa shape index (κ1) is 14.6. The molecule has 0 atom stereocenters. The Labute approximate surface area is 120 Å². The van der Waals surface area contributed by atoms with Crippen LogP contribution in [0.25, 0.3) is 11.0 Å². The number of nitrogens with zero attached hydrogens (tertiary/aromatic N) is 2. The Morgan fingerprint density at radius 3 is 2.90 bits per heavy atom. The molecule has 1 N–H and O–H groups in total. The Balaban J connectivity index is 1.84. The number of hydrogen-bond donors (Lipinski definition) is 1. The molecule has 0 bridgehead atoms. The Morgan fingerprint density at radius 1 is 1.30 bits per heavy atom. The predicted molar refractivity (Wildman–Crippen MR) is 81.6 cm³/mol. The van der Waals surface area contributed by atoms with Crippen LogP contribution in [0.5, 0.6) is 0 Å². The normalized spacial score (nSPS) is 10.9. The van der Waals surface area contributed by atoms with Crippen molar-refractivity contribution in [3.8, 4) is 0 Å². The molecule has 0 aliphatic carbocycles. The van der Waals surface area contributed by atoms with Crippen LogP contribution >= 0.6 is 0 Å². The number of para-hydroxylation sites is 2. The number of imidazole rings is 1. The Kier molecular flexibility index (Phi) is 5.16. The van der Waals surface area contributed by atoms with Crippen LogP contribution in [0.1, 0.15) is 38.4 Å². The maximum atomic E-state index is 11.5. The quantitative estimate of drug-likeness (QED) is 0.788. The summed E-state index contributed by atoms with van der Waals surface area (Å²) in [6.45, 7) is 5.74. The molecule has 1 amide bonds. The summed E-state index contributed by atoms with van der Waals surface area (Å²) in [5, 5.41) is 2.97. The molecule has 108 valence electrons. The second-order valence-electron chi connectivity index (χ2n) is 5.11. The molecule has 0 aliphatic heterocycles. The molecule has 20 heavy (non-hydrogen) atoms. The minimum Gasteiger partial charge on any atom is -0.356 e. The lowest BCUT2D eigenvalue weighted by Gasteiger charge is -2.08. The van der Waals surface area contributed by atoms with Crippen LogP contribution in [0.4, 0.5) is 0 Å². The van der Waals surface area contributed by atoms with Crippen molar-refractivity contribution < 1.29 is 4.79 Å². The average molecular weight is 273 g/mol. The van der Waals surface area contributed by atoms with Crippen molar-refractivity contribution in [2.45, 2.75) is 46.1 Å². The number of aromatic nitrogens is 2. The fourth-order valence-corrected chi connectivity index (χ4v) is 2.37. The summed E-state index contributed by atoms with van der Waals surface area (Å²) in [5.74, 6) is 1.20. The van der Waals surface area contributed by atoms with E-state index in [0.29, 0.717) is 6.42 Å². The summed E-state index contributed by atoms with van der Waals surface area (Å²) in [5.41, 5.74) is 2.21. The summed E-state index contributed by atoms with van der Waals surface area (Å²) < 4.78 is 2.22. The van der Waals surface area contributed by atoms with Gasteiger partial charge < -0.3 is 9.88 Å². The van der Waals surface area contributed by atoms with E-state index in [1.807, 2.05) is 25.1 Å². The monoisotopic (exact) mass is 273 g/mol. The molecule has 0 radical (unpaired) electrons. The third-order valence-electron chi connectivity index (χ3n) is 3.48. The SMILES string of the molecule is CCCCC(=O)NCCCn1c(C)nc2ccccc21. The van der Waals surface area contributed by atoms with Crippen LogP contribution in [-0.2, 0) is 11.3 Å². The first-order valence-electron chi connectivity index (χ1n) is 7.41. The molecule has 1 aromatic carbocycles. The molecular weight excluding hydrogens is 250 g/mol. The van der Waals surface area contributed by atoms with E-state index in [4.69, 9.17) is 0 Å². The number of hydrogen-bond acceptors (Lipinski definition) is 2. The molecule has 0 saturated heterocycles. The predicted octanol–water partition coefficient (Wildman–Crippen LogP) is 3.04. The number of amides is 1. The smallest absolute Gasteiger partial charge is 0.219 e. The fraction of sp³-hybridized carbons (Fsp3) is 0.500. The van der Waals surface area contributed by atoms with Crippen molar-refractivity contribution in [3.05, 3.63) is 30.1 Å². The van der Waals surface area contributed by atoms with E-state index in [1.165, 1.54) is 5.52 Å². The van der Waals surface area contributed by atoms with Gasteiger partial charge in [0.15, 0.2) is 0 Å². The van der Waals surface area contributed by atoms with E-state index in [0.717, 1.165) is 43.7 Å². The molecule has 1 heterocycles. The van der Waals surface area contributed by atoms with E-state index in [-0.39, 0.29) is 5.91 Å². The van der Waals surface area contributed by atoms with Crippen molar-refractivity contribution >= 4 is 16.9 Å². The highest BCUT2D eigenvalue weighted by Gasteiger charge is 2.06. The molecule has 0 aliphatic rings. The minimum atomic E-state index is 0.166. The van der Waals surface area contributed by atoms with Crippen molar-refractivity contribution in [1.82, 2.24) is 14.9 Å². The number of benzene rings is 1.